The van der Waals surface area contributed by atoms with E-state index in [1.165, 1.54) is 0 Å². The van der Waals surface area contributed by atoms with Gasteiger partial charge in [0.05, 0.1) is 13.2 Å². The van der Waals surface area contributed by atoms with Crippen LogP contribution < -0.4 is 0 Å². The van der Waals surface area contributed by atoms with Gasteiger partial charge in [0.25, 0.3) is 0 Å². The second kappa shape index (κ2) is 6.23. The van der Waals surface area contributed by atoms with Crippen molar-refractivity contribution in [1.82, 2.24) is 4.90 Å². The third-order valence-electron chi connectivity index (χ3n) is 2.65. The Morgan fingerprint density at radius 3 is 2.60 bits per heavy atom. The van der Waals surface area contributed by atoms with Crippen LogP contribution in [0, 0.1) is 11.8 Å². The number of ether oxygens (including phenoxy) is 1. The molecule has 0 aromatic rings. The fourth-order valence-corrected chi connectivity index (χ4v) is 1.73. The van der Waals surface area contributed by atoms with Crippen LogP contribution in [0.25, 0.3) is 0 Å². The van der Waals surface area contributed by atoms with Crippen molar-refractivity contribution in [2.75, 3.05) is 33.4 Å². The van der Waals surface area contributed by atoms with Crippen molar-refractivity contribution in [1.29, 1.82) is 0 Å². The Balaban J connectivity index is 2.29. The van der Waals surface area contributed by atoms with Gasteiger partial charge in [0.2, 0.25) is 0 Å². The van der Waals surface area contributed by atoms with E-state index in [2.05, 4.69) is 18.7 Å². The first kappa shape index (κ1) is 12.7. The minimum atomic E-state index is 0.377. The maximum Gasteiger partial charge on any atom is 0.149 e. The molecule has 0 atom stereocenters. The highest BCUT2D eigenvalue weighted by atomic mass is 16.5. The van der Waals surface area contributed by atoms with E-state index >= 15 is 0 Å². The average molecular weight is 213 g/mol. The summed E-state index contributed by atoms with van der Waals surface area (Å²) >= 11 is 0. The zero-order valence-electron chi connectivity index (χ0n) is 10.2. The first-order valence-corrected chi connectivity index (χ1v) is 5.87. The van der Waals surface area contributed by atoms with Gasteiger partial charge < -0.3 is 4.74 Å². The van der Waals surface area contributed by atoms with Gasteiger partial charge in [-0.25, -0.2) is 0 Å². The fraction of sp³-hybridized carbons (Fsp3) is 0.917. The van der Waals surface area contributed by atoms with Gasteiger partial charge in [-0.05, 0) is 18.8 Å². The molecule has 1 aliphatic rings. The summed E-state index contributed by atoms with van der Waals surface area (Å²) in [6.07, 6.45) is 2.22. The predicted octanol–water partition coefficient (Wildman–Crippen LogP) is 1.57. The molecule has 3 nitrogen and oxygen atoms in total. The molecule has 0 amide bonds. The molecule has 0 radical (unpaired) electrons. The topological polar surface area (TPSA) is 29.5 Å². The normalized spacial score (nSPS) is 16.3. The summed E-state index contributed by atoms with van der Waals surface area (Å²) in [7, 11) is 1.70. The molecule has 0 heterocycles. The van der Waals surface area contributed by atoms with Crippen LogP contribution in [-0.2, 0) is 9.53 Å². The highest BCUT2D eigenvalue weighted by Crippen LogP contribution is 2.29. The summed E-state index contributed by atoms with van der Waals surface area (Å²) in [5, 5.41) is 0. The number of rotatable bonds is 8. The second-order valence-electron chi connectivity index (χ2n) is 4.86. The molecule has 1 saturated carbocycles. The minimum Gasteiger partial charge on any atom is -0.383 e. The van der Waals surface area contributed by atoms with E-state index < -0.39 is 0 Å². The van der Waals surface area contributed by atoms with Crippen LogP contribution in [0.3, 0.4) is 0 Å². The maximum absolute atomic E-state index is 11.7. The Kier molecular flexibility index (Phi) is 5.26. The SMILES string of the molecule is COCCN(CC(=O)C1CC1)CC(C)C. The molecular weight excluding hydrogens is 190 g/mol. The van der Waals surface area contributed by atoms with Crippen LogP contribution in [0.2, 0.25) is 0 Å². The van der Waals surface area contributed by atoms with Crippen LogP contribution in [0.1, 0.15) is 26.7 Å². The Hall–Kier alpha value is -0.410. The molecule has 0 aromatic heterocycles. The molecule has 0 saturated heterocycles. The molecule has 0 unspecified atom stereocenters. The van der Waals surface area contributed by atoms with E-state index in [4.69, 9.17) is 4.74 Å². The lowest BCUT2D eigenvalue weighted by molar-refractivity contribution is -0.121. The highest BCUT2D eigenvalue weighted by Gasteiger charge is 2.30. The fourth-order valence-electron chi connectivity index (χ4n) is 1.73. The van der Waals surface area contributed by atoms with Crippen molar-refractivity contribution in [3.63, 3.8) is 0 Å². The van der Waals surface area contributed by atoms with E-state index in [1.54, 1.807) is 7.11 Å². The lowest BCUT2D eigenvalue weighted by Crippen LogP contribution is -2.36. The van der Waals surface area contributed by atoms with Crippen molar-refractivity contribution >= 4 is 5.78 Å². The van der Waals surface area contributed by atoms with E-state index in [0.717, 1.165) is 25.9 Å². The van der Waals surface area contributed by atoms with Gasteiger partial charge in [0, 0.05) is 26.1 Å². The van der Waals surface area contributed by atoms with Crippen molar-refractivity contribution in [3.8, 4) is 0 Å². The number of nitrogens with zero attached hydrogens (tertiary/aromatic N) is 1. The van der Waals surface area contributed by atoms with Crippen molar-refractivity contribution < 1.29 is 9.53 Å². The van der Waals surface area contributed by atoms with E-state index in [0.29, 0.717) is 30.8 Å². The lowest BCUT2D eigenvalue weighted by Gasteiger charge is -2.23. The Labute approximate surface area is 92.8 Å². The Morgan fingerprint density at radius 2 is 2.13 bits per heavy atom. The van der Waals surface area contributed by atoms with Gasteiger partial charge in [0.1, 0.15) is 5.78 Å². The summed E-state index contributed by atoms with van der Waals surface area (Å²) in [6.45, 7) is 7.55. The van der Waals surface area contributed by atoms with Crippen LogP contribution in [0.4, 0.5) is 0 Å². The molecular formula is C12H23NO2. The van der Waals surface area contributed by atoms with Crippen molar-refractivity contribution in [3.05, 3.63) is 0 Å². The second-order valence-corrected chi connectivity index (χ2v) is 4.86. The molecule has 0 aromatic carbocycles. The molecule has 1 aliphatic carbocycles. The number of Topliss-reactive ketones (excluding diaryl/α,β-unsaturated/α-hetero) is 1. The number of hydrogen-bond donors (Lipinski definition) is 0. The van der Waals surface area contributed by atoms with Gasteiger partial charge in [-0.3, -0.25) is 9.69 Å². The standard InChI is InChI=1S/C12H23NO2/c1-10(2)8-13(6-7-15-3)9-12(14)11-4-5-11/h10-11H,4-9H2,1-3H3. The summed E-state index contributed by atoms with van der Waals surface area (Å²) in [5.41, 5.74) is 0. The Morgan fingerprint density at radius 1 is 1.47 bits per heavy atom. The van der Waals surface area contributed by atoms with Gasteiger partial charge in [-0.1, -0.05) is 13.8 Å². The third kappa shape index (κ3) is 5.28. The third-order valence-corrected chi connectivity index (χ3v) is 2.65. The largest absolute Gasteiger partial charge is 0.383 e. The van der Waals surface area contributed by atoms with Gasteiger partial charge in [0.15, 0.2) is 0 Å². The number of carbonyl (C=O) groups is 1. The van der Waals surface area contributed by atoms with Crippen LogP contribution >= 0.6 is 0 Å². The predicted molar refractivity (Wildman–Crippen MR) is 60.9 cm³/mol. The van der Waals surface area contributed by atoms with E-state index in [-0.39, 0.29) is 0 Å². The average Bonchev–Trinajstić information content (AvgIpc) is 2.96. The number of carbonyl (C=O) groups excluding carboxylic acids is 1. The van der Waals surface area contributed by atoms with Gasteiger partial charge in [-0.2, -0.15) is 0 Å². The van der Waals surface area contributed by atoms with Crippen LogP contribution in [0.5, 0.6) is 0 Å². The number of ketones is 1. The van der Waals surface area contributed by atoms with Gasteiger partial charge in [-0.15, -0.1) is 0 Å². The van der Waals surface area contributed by atoms with Crippen LogP contribution in [-0.4, -0.2) is 44.0 Å². The van der Waals surface area contributed by atoms with Crippen LogP contribution in [0.15, 0.2) is 0 Å². The zero-order valence-corrected chi connectivity index (χ0v) is 10.2. The number of methoxy groups -OCH3 is 1. The minimum absolute atomic E-state index is 0.377. The molecule has 1 fully saturated rings. The molecule has 0 spiro atoms. The molecule has 15 heavy (non-hydrogen) atoms. The van der Waals surface area contributed by atoms with Gasteiger partial charge >= 0.3 is 0 Å². The molecule has 3 heteroatoms. The van der Waals surface area contributed by atoms with Crippen molar-refractivity contribution in [2.45, 2.75) is 26.7 Å². The molecule has 88 valence electrons. The Bertz CT molecular complexity index is 200. The van der Waals surface area contributed by atoms with E-state index in [9.17, 15) is 4.79 Å². The highest BCUT2D eigenvalue weighted by molar-refractivity contribution is 5.84. The molecule has 0 bridgehead atoms. The summed E-state index contributed by atoms with van der Waals surface area (Å²) in [5.74, 6) is 1.41. The molecule has 1 rings (SSSR count). The number of hydrogen-bond acceptors (Lipinski definition) is 3. The quantitative estimate of drug-likeness (QED) is 0.613. The molecule has 0 aliphatic heterocycles. The lowest BCUT2D eigenvalue weighted by atomic mass is 10.2. The first-order valence-electron chi connectivity index (χ1n) is 5.87. The first-order chi connectivity index (χ1) is 7.13. The molecule has 0 N–H and O–H groups in total. The monoisotopic (exact) mass is 213 g/mol. The zero-order chi connectivity index (χ0) is 11.3. The smallest absolute Gasteiger partial charge is 0.149 e. The van der Waals surface area contributed by atoms with E-state index in [1.807, 2.05) is 0 Å². The summed E-state index contributed by atoms with van der Waals surface area (Å²) < 4.78 is 5.06. The summed E-state index contributed by atoms with van der Waals surface area (Å²) in [6, 6.07) is 0. The van der Waals surface area contributed by atoms with Crippen molar-refractivity contribution in [2.24, 2.45) is 11.8 Å². The summed E-state index contributed by atoms with van der Waals surface area (Å²) in [4.78, 5) is 13.9. The maximum atomic E-state index is 11.7.